The molecule has 5 nitrogen and oxygen atoms in total. The molecular formula is C26H30F3N3O2. The third kappa shape index (κ3) is 4.76. The predicted molar refractivity (Wildman–Crippen MR) is 126 cm³/mol. The van der Waals surface area contributed by atoms with Crippen LogP contribution >= 0.6 is 0 Å². The number of likely N-dealkylation sites (tertiary alicyclic amines) is 1. The van der Waals surface area contributed by atoms with E-state index in [1.54, 1.807) is 15.9 Å². The number of nitrogens with one attached hydrogen (secondary N) is 1. The third-order valence-electron chi connectivity index (χ3n) is 6.72. The number of para-hydroxylation sites is 1. The molecule has 0 bridgehead atoms. The molecule has 1 atom stereocenters. The van der Waals surface area contributed by atoms with Crippen LogP contribution in [0.25, 0.3) is 0 Å². The summed E-state index contributed by atoms with van der Waals surface area (Å²) in [4.78, 5) is 27.9. The lowest BCUT2D eigenvalue weighted by atomic mass is 9.86. The van der Waals surface area contributed by atoms with E-state index in [-0.39, 0.29) is 23.1 Å². The van der Waals surface area contributed by atoms with Crippen molar-refractivity contribution in [3.63, 3.8) is 0 Å². The first-order valence-corrected chi connectivity index (χ1v) is 11.6. The van der Waals surface area contributed by atoms with Gasteiger partial charge in [-0.25, -0.2) is 0 Å². The molecule has 1 saturated heterocycles. The Labute approximate surface area is 197 Å². The van der Waals surface area contributed by atoms with Crippen LogP contribution in [0, 0.1) is 0 Å². The number of aldehydes is 1. The Balaban J connectivity index is 1.44. The number of carbonyl (C=O) groups is 2. The molecule has 1 N–H and O–H groups in total. The maximum Gasteiger partial charge on any atom is 0.418 e. The highest BCUT2D eigenvalue weighted by Crippen LogP contribution is 2.46. The maximum absolute atomic E-state index is 13.7. The first-order chi connectivity index (χ1) is 16.0. The number of piperidine rings is 1. The Kier molecular flexibility index (Phi) is 6.36. The van der Waals surface area contributed by atoms with Gasteiger partial charge in [0.15, 0.2) is 12.5 Å². The highest BCUT2D eigenvalue weighted by molar-refractivity contribution is 5.87. The molecule has 2 aromatic carbocycles. The Morgan fingerprint density at radius 2 is 1.71 bits per heavy atom. The topological polar surface area (TPSA) is 52.7 Å². The summed E-state index contributed by atoms with van der Waals surface area (Å²) < 4.78 is 41.1. The Morgan fingerprint density at radius 1 is 1.06 bits per heavy atom. The fraction of sp³-hybridized carbons (Fsp3) is 0.462. The van der Waals surface area contributed by atoms with Crippen LogP contribution in [0.5, 0.6) is 0 Å². The van der Waals surface area contributed by atoms with Crippen molar-refractivity contribution in [2.45, 2.75) is 63.8 Å². The monoisotopic (exact) mass is 473 g/mol. The average Bonchev–Trinajstić information content (AvgIpc) is 3.17. The SMILES string of the molecule is CC(C)(C)c1ccc(CC(=O)N2CCC(N3c4c(cccc4C(F)(F)F)NC3C=O)CC2)cc1. The molecule has 2 aliphatic heterocycles. The van der Waals surface area contributed by atoms with Crippen LogP contribution in [0.2, 0.25) is 0 Å². The summed E-state index contributed by atoms with van der Waals surface area (Å²) >= 11 is 0. The van der Waals surface area contributed by atoms with Gasteiger partial charge in [0.1, 0.15) is 0 Å². The first kappa shape index (κ1) is 24.1. The number of amides is 1. The van der Waals surface area contributed by atoms with Gasteiger partial charge in [-0.3, -0.25) is 9.59 Å². The van der Waals surface area contributed by atoms with Gasteiger partial charge in [-0.1, -0.05) is 51.1 Å². The van der Waals surface area contributed by atoms with Gasteiger partial charge < -0.3 is 15.1 Å². The number of anilines is 2. The van der Waals surface area contributed by atoms with E-state index in [9.17, 15) is 22.8 Å². The number of rotatable bonds is 4. The molecule has 2 aliphatic rings. The number of hydrogen-bond acceptors (Lipinski definition) is 4. The summed E-state index contributed by atoms with van der Waals surface area (Å²) in [7, 11) is 0. The molecular weight excluding hydrogens is 443 g/mol. The number of carbonyl (C=O) groups excluding carboxylic acids is 2. The van der Waals surface area contributed by atoms with E-state index in [1.807, 2.05) is 24.3 Å². The number of benzene rings is 2. The zero-order chi connectivity index (χ0) is 24.7. The second kappa shape index (κ2) is 8.96. The fourth-order valence-electron chi connectivity index (χ4n) is 4.85. The first-order valence-electron chi connectivity index (χ1n) is 11.6. The van der Waals surface area contributed by atoms with Crippen molar-refractivity contribution in [1.82, 2.24) is 4.90 Å². The van der Waals surface area contributed by atoms with Crippen LogP contribution in [-0.4, -0.2) is 42.4 Å². The highest BCUT2D eigenvalue weighted by atomic mass is 19.4. The molecule has 0 aromatic heterocycles. The summed E-state index contributed by atoms with van der Waals surface area (Å²) in [6.45, 7) is 7.29. The van der Waals surface area contributed by atoms with Crippen LogP contribution in [-0.2, 0) is 27.6 Å². The number of alkyl halides is 3. The van der Waals surface area contributed by atoms with Gasteiger partial charge in [-0.05, 0) is 41.5 Å². The largest absolute Gasteiger partial charge is 0.418 e. The van der Waals surface area contributed by atoms with E-state index in [2.05, 4.69) is 26.1 Å². The summed E-state index contributed by atoms with van der Waals surface area (Å²) in [5.41, 5.74) is 1.76. The van der Waals surface area contributed by atoms with Crippen molar-refractivity contribution in [2.75, 3.05) is 23.3 Å². The molecule has 34 heavy (non-hydrogen) atoms. The van der Waals surface area contributed by atoms with E-state index < -0.39 is 17.9 Å². The number of fused-ring (bicyclic) bond motifs is 1. The zero-order valence-electron chi connectivity index (χ0n) is 19.7. The van der Waals surface area contributed by atoms with Gasteiger partial charge in [-0.15, -0.1) is 0 Å². The number of halogens is 3. The molecule has 8 heteroatoms. The molecule has 182 valence electrons. The minimum atomic E-state index is -4.53. The van der Waals surface area contributed by atoms with Crippen molar-refractivity contribution < 1.29 is 22.8 Å². The lowest BCUT2D eigenvalue weighted by Gasteiger charge is -2.39. The minimum absolute atomic E-state index is 0.00447. The average molecular weight is 474 g/mol. The van der Waals surface area contributed by atoms with E-state index in [4.69, 9.17) is 0 Å². The molecule has 1 fully saturated rings. The molecule has 2 aromatic rings. The van der Waals surface area contributed by atoms with Crippen molar-refractivity contribution in [1.29, 1.82) is 0 Å². The lowest BCUT2D eigenvalue weighted by molar-refractivity contribution is -0.137. The molecule has 0 radical (unpaired) electrons. The van der Waals surface area contributed by atoms with Gasteiger partial charge in [0.25, 0.3) is 0 Å². The van der Waals surface area contributed by atoms with Gasteiger partial charge in [0.05, 0.1) is 23.4 Å². The van der Waals surface area contributed by atoms with Crippen LogP contribution < -0.4 is 10.2 Å². The van der Waals surface area contributed by atoms with Crippen LogP contribution in [0.15, 0.2) is 42.5 Å². The van der Waals surface area contributed by atoms with Crippen molar-refractivity contribution >= 4 is 23.6 Å². The number of hydrogen-bond donors (Lipinski definition) is 1. The molecule has 2 heterocycles. The van der Waals surface area contributed by atoms with Gasteiger partial charge in [-0.2, -0.15) is 13.2 Å². The second-order valence-electron chi connectivity index (χ2n) is 10.1. The Bertz CT molecular complexity index is 1050. The van der Waals surface area contributed by atoms with Gasteiger partial charge >= 0.3 is 6.18 Å². The summed E-state index contributed by atoms with van der Waals surface area (Å²) in [5.74, 6) is 0.00447. The maximum atomic E-state index is 13.7. The van der Waals surface area contributed by atoms with Crippen molar-refractivity contribution in [3.05, 3.63) is 59.2 Å². The fourth-order valence-corrected chi connectivity index (χ4v) is 4.85. The standard InChI is InChI=1S/C26H30F3N3O2/c1-25(2,3)18-9-7-17(8-10-18)15-23(34)31-13-11-19(12-14-31)32-22(16-33)30-21-6-4-5-20(24(21)32)26(27,28)29/h4-10,16,19,22,30H,11-15H2,1-3H3. The summed E-state index contributed by atoms with van der Waals surface area (Å²) in [6.07, 6.45) is -3.47. The Morgan fingerprint density at radius 3 is 2.26 bits per heavy atom. The summed E-state index contributed by atoms with van der Waals surface area (Å²) in [5, 5.41) is 2.90. The zero-order valence-corrected chi connectivity index (χ0v) is 19.7. The van der Waals surface area contributed by atoms with Crippen molar-refractivity contribution in [3.8, 4) is 0 Å². The highest BCUT2D eigenvalue weighted by Gasteiger charge is 2.43. The minimum Gasteiger partial charge on any atom is -0.358 e. The third-order valence-corrected chi connectivity index (χ3v) is 6.72. The molecule has 0 aliphatic carbocycles. The molecule has 1 amide bonds. The molecule has 1 unspecified atom stereocenters. The number of nitrogens with zero attached hydrogens (tertiary/aromatic N) is 2. The van der Waals surface area contributed by atoms with Gasteiger partial charge in [0.2, 0.25) is 5.91 Å². The predicted octanol–water partition coefficient (Wildman–Crippen LogP) is 4.99. The normalized spacial score (nSPS) is 19.1. The molecule has 4 rings (SSSR count). The quantitative estimate of drug-likeness (QED) is 0.636. The van der Waals surface area contributed by atoms with E-state index in [0.29, 0.717) is 44.3 Å². The van der Waals surface area contributed by atoms with E-state index in [0.717, 1.165) is 11.6 Å². The van der Waals surface area contributed by atoms with Crippen LogP contribution in [0.3, 0.4) is 0 Å². The second-order valence-corrected chi connectivity index (χ2v) is 10.1. The van der Waals surface area contributed by atoms with E-state index in [1.165, 1.54) is 11.6 Å². The van der Waals surface area contributed by atoms with E-state index >= 15 is 0 Å². The van der Waals surface area contributed by atoms with Gasteiger partial charge in [0, 0.05) is 19.1 Å². The summed E-state index contributed by atoms with van der Waals surface area (Å²) in [6, 6.07) is 11.7. The lowest BCUT2D eigenvalue weighted by Crippen LogP contribution is -2.51. The smallest absolute Gasteiger partial charge is 0.358 e. The van der Waals surface area contributed by atoms with Crippen LogP contribution in [0.1, 0.15) is 50.3 Å². The molecule has 0 spiro atoms. The van der Waals surface area contributed by atoms with Crippen molar-refractivity contribution in [2.24, 2.45) is 0 Å². The Hall–Kier alpha value is -3.03. The molecule has 0 saturated carbocycles. The van der Waals surface area contributed by atoms with Crippen LogP contribution in [0.4, 0.5) is 24.5 Å².